The summed E-state index contributed by atoms with van der Waals surface area (Å²) in [6.07, 6.45) is 3.84. The summed E-state index contributed by atoms with van der Waals surface area (Å²) in [5, 5.41) is 7.16. The lowest BCUT2D eigenvalue weighted by Gasteiger charge is -2.33. The second-order valence-electron chi connectivity index (χ2n) is 6.63. The Labute approximate surface area is 137 Å². The van der Waals surface area contributed by atoms with Crippen LogP contribution in [0.3, 0.4) is 0 Å². The van der Waals surface area contributed by atoms with E-state index in [1.165, 1.54) is 12.0 Å². The molecular formula is C19H25N3O. The molecule has 4 heteroatoms. The number of nitrogens with zero attached hydrogens (tertiary/aromatic N) is 2. The number of benzene rings is 1. The standard InChI is InChI=1S/C19H25N3O/c1-14-18(15(2)21-20-14)12-19(23)22-10-6-9-17(13-22)11-16-7-4-3-5-8-16/h3-5,7-8,17H,6,9-13H2,1-2H3,(H,20,21). The first-order chi connectivity index (χ1) is 11.1. The van der Waals surface area contributed by atoms with Crippen molar-refractivity contribution < 1.29 is 4.79 Å². The average molecular weight is 311 g/mol. The van der Waals surface area contributed by atoms with Crippen molar-refractivity contribution in [3.8, 4) is 0 Å². The van der Waals surface area contributed by atoms with Gasteiger partial charge in [0, 0.05) is 24.3 Å². The van der Waals surface area contributed by atoms with E-state index < -0.39 is 0 Å². The lowest BCUT2D eigenvalue weighted by atomic mass is 9.91. The number of H-pyrrole nitrogens is 1. The molecule has 0 aliphatic carbocycles. The summed E-state index contributed by atoms with van der Waals surface area (Å²) in [6, 6.07) is 10.6. The number of aromatic nitrogens is 2. The van der Waals surface area contributed by atoms with Crippen molar-refractivity contribution in [2.24, 2.45) is 5.92 Å². The number of piperidine rings is 1. The largest absolute Gasteiger partial charge is 0.342 e. The molecule has 1 N–H and O–H groups in total. The molecule has 2 heterocycles. The summed E-state index contributed by atoms with van der Waals surface area (Å²) >= 11 is 0. The fourth-order valence-corrected chi connectivity index (χ4v) is 3.50. The van der Waals surface area contributed by atoms with Crippen LogP contribution < -0.4 is 0 Å². The van der Waals surface area contributed by atoms with E-state index in [1.54, 1.807) is 0 Å². The lowest BCUT2D eigenvalue weighted by molar-refractivity contribution is -0.132. The van der Waals surface area contributed by atoms with Gasteiger partial charge < -0.3 is 4.90 Å². The van der Waals surface area contributed by atoms with E-state index in [2.05, 4.69) is 40.5 Å². The van der Waals surface area contributed by atoms with Crippen molar-refractivity contribution in [1.82, 2.24) is 15.1 Å². The molecule has 1 fully saturated rings. The highest BCUT2D eigenvalue weighted by molar-refractivity contribution is 5.79. The summed E-state index contributed by atoms with van der Waals surface area (Å²) in [5.41, 5.74) is 4.37. The van der Waals surface area contributed by atoms with E-state index in [9.17, 15) is 4.79 Å². The number of carbonyl (C=O) groups is 1. The monoisotopic (exact) mass is 311 g/mol. The predicted molar refractivity (Wildman–Crippen MR) is 91.2 cm³/mol. The third kappa shape index (κ3) is 3.81. The molecule has 1 unspecified atom stereocenters. The van der Waals surface area contributed by atoms with Gasteiger partial charge in [-0.1, -0.05) is 30.3 Å². The van der Waals surface area contributed by atoms with E-state index in [0.29, 0.717) is 12.3 Å². The molecule has 3 rings (SSSR count). The molecule has 1 atom stereocenters. The fourth-order valence-electron chi connectivity index (χ4n) is 3.50. The maximum absolute atomic E-state index is 12.7. The molecule has 1 saturated heterocycles. The van der Waals surface area contributed by atoms with Crippen LogP contribution in [0.25, 0.3) is 0 Å². The summed E-state index contributed by atoms with van der Waals surface area (Å²) in [7, 11) is 0. The maximum Gasteiger partial charge on any atom is 0.227 e. The smallest absolute Gasteiger partial charge is 0.227 e. The first-order valence-corrected chi connectivity index (χ1v) is 8.45. The van der Waals surface area contributed by atoms with E-state index in [4.69, 9.17) is 0 Å². The molecule has 122 valence electrons. The van der Waals surface area contributed by atoms with Gasteiger partial charge in [0.2, 0.25) is 5.91 Å². The number of nitrogens with one attached hydrogen (secondary N) is 1. The summed E-state index contributed by atoms with van der Waals surface area (Å²) in [4.78, 5) is 14.7. The minimum atomic E-state index is 0.232. The Hall–Kier alpha value is -2.10. The van der Waals surface area contributed by atoms with Gasteiger partial charge in [0.05, 0.1) is 12.1 Å². The predicted octanol–water partition coefficient (Wildman–Crippen LogP) is 3.05. The normalized spacial score (nSPS) is 18.2. The van der Waals surface area contributed by atoms with Crippen LogP contribution >= 0.6 is 0 Å². The SMILES string of the molecule is Cc1n[nH]c(C)c1CC(=O)N1CCCC(Cc2ccccc2)C1. The second kappa shape index (κ2) is 6.99. The fraction of sp³-hybridized carbons (Fsp3) is 0.474. The van der Waals surface area contributed by atoms with Crippen LogP contribution in [0.5, 0.6) is 0 Å². The quantitative estimate of drug-likeness (QED) is 0.943. The highest BCUT2D eigenvalue weighted by Crippen LogP contribution is 2.22. The van der Waals surface area contributed by atoms with Crippen LogP contribution in [0.2, 0.25) is 0 Å². The number of aryl methyl sites for hydroxylation is 2. The minimum absolute atomic E-state index is 0.232. The molecule has 4 nitrogen and oxygen atoms in total. The van der Waals surface area contributed by atoms with Gasteiger partial charge in [-0.3, -0.25) is 9.89 Å². The zero-order valence-corrected chi connectivity index (χ0v) is 14.0. The zero-order valence-electron chi connectivity index (χ0n) is 14.0. The number of carbonyl (C=O) groups excluding carboxylic acids is 1. The Morgan fingerprint density at radius 2 is 2.09 bits per heavy atom. The third-order valence-electron chi connectivity index (χ3n) is 4.85. The van der Waals surface area contributed by atoms with Gasteiger partial charge in [-0.25, -0.2) is 0 Å². The topological polar surface area (TPSA) is 49.0 Å². The summed E-state index contributed by atoms with van der Waals surface area (Å²) in [6.45, 7) is 5.71. The van der Waals surface area contributed by atoms with Crippen LogP contribution in [0.1, 0.15) is 35.4 Å². The molecular weight excluding hydrogens is 286 g/mol. The number of likely N-dealkylation sites (tertiary alicyclic amines) is 1. The number of aromatic amines is 1. The molecule has 1 aliphatic rings. The van der Waals surface area contributed by atoms with Gasteiger partial charge >= 0.3 is 0 Å². The van der Waals surface area contributed by atoms with Crippen LogP contribution in [0, 0.1) is 19.8 Å². The highest BCUT2D eigenvalue weighted by Gasteiger charge is 2.24. The zero-order chi connectivity index (χ0) is 16.2. The minimum Gasteiger partial charge on any atom is -0.342 e. The Bertz CT molecular complexity index is 643. The van der Waals surface area contributed by atoms with E-state index >= 15 is 0 Å². The molecule has 0 radical (unpaired) electrons. The van der Waals surface area contributed by atoms with Gasteiger partial charge in [0.15, 0.2) is 0 Å². The van der Waals surface area contributed by atoms with Crippen molar-refractivity contribution in [2.45, 2.75) is 39.5 Å². The van der Waals surface area contributed by atoms with E-state index in [-0.39, 0.29) is 5.91 Å². The van der Waals surface area contributed by atoms with Gasteiger partial charge in [0.1, 0.15) is 0 Å². The highest BCUT2D eigenvalue weighted by atomic mass is 16.2. The van der Waals surface area contributed by atoms with Gasteiger partial charge in [-0.15, -0.1) is 0 Å². The number of rotatable bonds is 4. The lowest BCUT2D eigenvalue weighted by Crippen LogP contribution is -2.41. The van der Waals surface area contributed by atoms with Crippen molar-refractivity contribution >= 4 is 5.91 Å². The molecule has 1 aromatic carbocycles. The Balaban J connectivity index is 1.61. The van der Waals surface area contributed by atoms with Crippen molar-refractivity contribution in [2.75, 3.05) is 13.1 Å². The third-order valence-corrected chi connectivity index (χ3v) is 4.85. The van der Waals surface area contributed by atoms with Gasteiger partial charge in [-0.05, 0) is 44.6 Å². The Morgan fingerprint density at radius 1 is 1.30 bits per heavy atom. The number of hydrogen-bond acceptors (Lipinski definition) is 2. The van der Waals surface area contributed by atoms with Crippen molar-refractivity contribution in [1.29, 1.82) is 0 Å². The Morgan fingerprint density at radius 3 is 2.78 bits per heavy atom. The number of amides is 1. The van der Waals surface area contributed by atoms with Crippen LogP contribution in [0.4, 0.5) is 0 Å². The molecule has 0 saturated carbocycles. The molecule has 0 spiro atoms. The molecule has 1 aliphatic heterocycles. The average Bonchev–Trinajstić information content (AvgIpc) is 2.88. The molecule has 1 amide bonds. The number of hydrogen-bond donors (Lipinski definition) is 1. The Kier molecular flexibility index (Phi) is 4.79. The molecule has 23 heavy (non-hydrogen) atoms. The van der Waals surface area contributed by atoms with Crippen LogP contribution in [-0.4, -0.2) is 34.1 Å². The molecule has 2 aromatic rings. The summed E-state index contributed by atoms with van der Waals surface area (Å²) < 4.78 is 0. The van der Waals surface area contributed by atoms with Gasteiger partial charge in [-0.2, -0.15) is 5.10 Å². The van der Waals surface area contributed by atoms with Crippen molar-refractivity contribution in [3.05, 3.63) is 52.8 Å². The second-order valence-corrected chi connectivity index (χ2v) is 6.63. The molecule has 0 bridgehead atoms. The van der Waals surface area contributed by atoms with Gasteiger partial charge in [0.25, 0.3) is 0 Å². The van der Waals surface area contributed by atoms with Crippen molar-refractivity contribution in [3.63, 3.8) is 0 Å². The van der Waals surface area contributed by atoms with E-state index in [0.717, 1.165) is 42.9 Å². The summed E-state index contributed by atoms with van der Waals surface area (Å²) in [5.74, 6) is 0.803. The maximum atomic E-state index is 12.7. The van der Waals surface area contributed by atoms with Crippen LogP contribution in [0.15, 0.2) is 30.3 Å². The first kappa shape index (κ1) is 15.8. The van der Waals surface area contributed by atoms with E-state index in [1.807, 2.05) is 18.7 Å². The van der Waals surface area contributed by atoms with Crippen LogP contribution in [-0.2, 0) is 17.6 Å². The first-order valence-electron chi connectivity index (χ1n) is 8.45. The molecule has 1 aromatic heterocycles.